The predicted octanol–water partition coefficient (Wildman–Crippen LogP) is 3.82. The summed E-state index contributed by atoms with van der Waals surface area (Å²) in [6.07, 6.45) is 0.709. The van der Waals surface area contributed by atoms with Gasteiger partial charge in [-0.2, -0.15) is 0 Å². The van der Waals surface area contributed by atoms with E-state index in [4.69, 9.17) is 16.3 Å². The van der Waals surface area contributed by atoms with E-state index < -0.39 is 11.2 Å². The van der Waals surface area contributed by atoms with Crippen molar-refractivity contribution in [3.63, 3.8) is 0 Å². The molecule has 1 amide bonds. The van der Waals surface area contributed by atoms with Gasteiger partial charge in [-0.25, -0.2) is 4.79 Å². The third kappa shape index (κ3) is 5.02. The Morgan fingerprint density at radius 3 is 2.58 bits per heavy atom. The zero-order valence-electron chi connectivity index (χ0n) is 14.9. The lowest BCUT2D eigenvalue weighted by atomic mass is 9.91. The molecule has 5 nitrogen and oxygen atoms in total. The minimum Gasteiger partial charge on any atom is -0.444 e. The largest absolute Gasteiger partial charge is 0.444 e. The van der Waals surface area contributed by atoms with Crippen molar-refractivity contribution in [2.45, 2.75) is 51.7 Å². The average molecular weight is 355 g/mol. The molecule has 1 aromatic rings. The van der Waals surface area contributed by atoms with Crippen LogP contribution in [0.25, 0.3) is 0 Å². The average Bonchev–Trinajstić information content (AvgIpc) is 2.48. The van der Waals surface area contributed by atoms with Gasteiger partial charge in [0, 0.05) is 30.3 Å². The second-order valence-corrected chi connectivity index (χ2v) is 7.86. The Bertz CT molecular complexity index is 590. The number of benzene rings is 1. The zero-order chi connectivity index (χ0) is 18.0. The minimum absolute atomic E-state index is 0.316. The van der Waals surface area contributed by atoms with Crippen LogP contribution in [0, 0.1) is 6.92 Å². The number of halogens is 1. The van der Waals surface area contributed by atoms with Crippen LogP contribution in [0.15, 0.2) is 18.2 Å². The van der Waals surface area contributed by atoms with E-state index in [1.54, 1.807) is 4.90 Å². The highest BCUT2D eigenvalue weighted by Gasteiger charge is 2.35. The number of ether oxygens (including phenoxy) is 1. The highest BCUT2D eigenvalue weighted by atomic mass is 35.5. The molecular formula is C18H27ClN2O3. The molecular weight excluding hydrogens is 328 g/mol. The highest BCUT2D eigenvalue weighted by molar-refractivity contribution is 6.31. The van der Waals surface area contributed by atoms with Crippen molar-refractivity contribution in [1.82, 2.24) is 4.90 Å². The monoisotopic (exact) mass is 354 g/mol. The van der Waals surface area contributed by atoms with Crippen LogP contribution >= 0.6 is 11.6 Å². The zero-order valence-corrected chi connectivity index (χ0v) is 15.6. The molecule has 0 spiro atoms. The number of nitrogens with one attached hydrogen (secondary N) is 1. The molecule has 0 aliphatic carbocycles. The number of carbonyl (C=O) groups is 1. The number of nitrogens with zero attached hydrogens (tertiary/aromatic N) is 1. The topological polar surface area (TPSA) is 61.8 Å². The summed E-state index contributed by atoms with van der Waals surface area (Å²) in [5.74, 6) is 0. The molecule has 0 bridgehead atoms. The summed E-state index contributed by atoms with van der Waals surface area (Å²) >= 11 is 6.12. The molecule has 2 N–H and O–H groups in total. The number of amides is 1. The molecule has 1 saturated heterocycles. The summed E-state index contributed by atoms with van der Waals surface area (Å²) in [4.78, 5) is 13.7. The maximum atomic E-state index is 12.1. The summed E-state index contributed by atoms with van der Waals surface area (Å²) in [7, 11) is 0. The summed E-state index contributed by atoms with van der Waals surface area (Å²) in [6, 6.07) is 5.67. The number of piperidine rings is 1. The van der Waals surface area contributed by atoms with Crippen LogP contribution < -0.4 is 5.32 Å². The van der Waals surface area contributed by atoms with Gasteiger partial charge in [-0.05, 0) is 58.2 Å². The Labute approximate surface area is 148 Å². The Balaban J connectivity index is 1.88. The first-order valence-electron chi connectivity index (χ1n) is 8.29. The molecule has 2 rings (SSSR count). The van der Waals surface area contributed by atoms with Gasteiger partial charge in [0.1, 0.15) is 5.60 Å². The predicted molar refractivity (Wildman–Crippen MR) is 96.7 cm³/mol. The smallest absolute Gasteiger partial charge is 0.410 e. The molecule has 0 unspecified atom stereocenters. The molecule has 0 aromatic heterocycles. The van der Waals surface area contributed by atoms with E-state index in [2.05, 4.69) is 5.32 Å². The van der Waals surface area contributed by atoms with Crippen molar-refractivity contribution in [1.29, 1.82) is 0 Å². The van der Waals surface area contributed by atoms with Gasteiger partial charge in [-0.3, -0.25) is 0 Å². The first-order chi connectivity index (χ1) is 11.1. The SMILES string of the molecule is Cc1c(Cl)cccc1NCC1(O)CCN(C(=O)OC(C)(C)C)CC1. The Morgan fingerprint density at radius 1 is 1.38 bits per heavy atom. The van der Waals surface area contributed by atoms with Gasteiger partial charge in [0.15, 0.2) is 0 Å². The summed E-state index contributed by atoms with van der Waals surface area (Å²) in [5, 5.41) is 14.7. The van der Waals surface area contributed by atoms with Gasteiger partial charge in [0.25, 0.3) is 0 Å². The number of hydrogen-bond acceptors (Lipinski definition) is 4. The summed E-state index contributed by atoms with van der Waals surface area (Å²) in [6.45, 7) is 8.90. The van der Waals surface area contributed by atoms with Crippen LogP contribution in [0.1, 0.15) is 39.2 Å². The number of hydrogen-bond donors (Lipinski definition) is 2. The van der Waals surface area contributed by atoms with E-state index in [1.165, 1.54) is 0 Å². The van der Waals surface area contributed by atoms with Crippen LogP contribution in [-0.2, 0) is 4.74 Å². The van der Waals surface area contributed by atoms with E-state index in [9.17, 15) is 9.90 Å². The molecule has 6 heteroatoms. The second-order valence-electron chi connectivity index (χ2n) is 7.46. The first kappa shape index (κ1) is 18.9. The molecule has 134 valence electrons. The molecule has 1 fully saturated rings. The molecule has 0 saturated carbocycles. The quantitative estimate of drug-likeness (QED) is 0.866. The standard InChI is InChI=1S/C18H27ClN2O3/c1-13-14(19)6-5-7-15(13)20-12-18(23)8-10-21(11-9-18)16(22)24-17(2,3)4/h5-7,20,23H,8-12H2,1-4H3. The summed E-state index contributed by atoms with van der Waals surface area (Å²) in [5.41, 5.74) is 0.545. The lowest BCUT2D eigenvalue weighted by Crippen LogP contribution is -2.50. The number of rotatable bonds is 3. The van der Waals surface area contributed by atoms with Crippen molar-refractivity contribution >= 4 is 23.4 Å². The fraction of sp³-hybridized carbons (Fsp3) is 0.611. The maximum absolute atomic E-state index is 12.1. The molecule has 24 heavy (non-hydrogen) atoms. The number of likely N-dealkylation sites (tertiary alicyclic amines) is 1. The molecule has 1 aliphatic heterocycles. The van der Waals surface area contributed by atoms with Crippen molar-refractivity contribution in [3.8, 4) is 0 Å². The Kier molecular flexibility index (Phi) is 5.66. The van der Waals surface area contributed by atoms with Crippen molar-refractivity contribution in [2.24, 2.45) is 0 Å². The fourth-order valence-electron chi connectivity index (χ4n) is 2.67. The van der Waals surface area contributed by atoms with Crippen LogP contribution in [0.3, 0.4) is 0 Å². The van der Waals surface area contributed by atoms with Crippen LogP contribution in [0.5, 0.6) is 0 Å². The Hall–Kier alpha value is -1.46. The number of carbonyl (C=O) groups excluding carboxylic acids is 1. The van der Waals surface area contributed by atoms with Crippen molar-refractivity contribution < 1.29 is 14.6 Å². The molecule has 1 aromatic carbocycles. The van der Waals surface area contributed by atoms with E-state index in [1.807, 2.05) is 45.9 Å². The van der Waals surface area contributed by atoms with Crippen LogP contribution in [-0.4, -0.2) is 46.9 Å². The maximum Gasteiger partial charge on any atom is 0.410 e. The Morgan fingerprint density at radius 2 is 2.00 bits per heavy atom. The lowest BCUT2D eigenvalue weighted by molar-refractivity contribution is -0.0244. The normalized spacial score (nSPS) is 17.5. The number of aliphatic hydroxyl groups is 1. The van der Waals surface area contributed by atoms with Gasteiger partial charge in [0.2, 0.25) is 0 Å². The van der Waals surface area contributed by atoms with Crippen molar-refractivity contribution in [3.05, 3.63) is 28.8 Å². The van der Waals surface area contributed by atoms with Gasteiger partial charge >= 0.3 is 6.09 Å². The third-order valence-corrected chi connectivity index (χ3v) is 4.63. The molecule has 1 heterocycles. The first-order valence-corrected chi connectivity index (χ1v) is 8.67. The van der Waals surface area contributed by atoms with E-state index in [0.29, 0.717) is 37.5 Å². The minimum atomic E-state index is -0.840. The lowest BCUT2D eigenvalue weighted by Gasteiger charge is -2.38. The fourth-order valence-corrected chi connectivity index (χ4v) is 2.84. The van der Waals surface area contributed by atoms with Gasteiger partial charge < -0.3 is 20.1 Å². The van der Waals surface area contributed by atoms with Crippen LogP contribution in [0.2, 0.25) is 5.02 Å². The van der Waals surface area contributed by atoms with Crippen molar-refractivity contribution in [2.75, 3.05) is 25.0 Å². The molecule has 1 aliphatic rings. The van der Waals surface area contributed by atoms with E-state index >= 15 is 0 Å². The van der Waals surface area contributed by atoms with Gasteiger partial charge in [-0.15, -0.1) is 0 Å². The van der Waals surface area contributed by atoms with Gasteiger partial charge in [0.05, 0.1) is 5.60 Å². The molecule has 0 atom stereocenters. The number of anilines is 1. The third-order valence-electron chi connectivity index (χ3n) is 4.22. The van der Waals surface area contributed by atoms with Crippen LogP contribution in [0.4, 0.5) is 10.5 Å². The highest BCUT2D eigenvalue weighted by Crippen LogP contribution is 2.27. The molecule has 0 radical (unpaired) electrons. The van der Waals surface area contributed by atoms with Gasteiger partial charge in [-0.1, -0.05) is 17.7 Å². The second kappa shape index (κ2) is 7.19. The summed E-state index contributed by atoms with van der Waals surface area (Å²) < 4.78 is 5.38. The van der Waals surface area contributed by atoms with E-state index in [-0.39, 0.29) is 6.09 Å². The van der Waals surface area contributed by atoms with E-state index in [0.717, 1.165) is 11.3 Å².